The first kappa shape index (κ1) is 19.2. The first-order valence-corrected chi connectivity index (χ1v) is 9.52. The van der Waals surface area contributed by atoms with Crippen molar-refractivity contribution in [2.24, 2.45) is 0 Å². The second-order valence-corrected chi connectivity index (χ2v) is 7.25. The van der Waals surface area contributed by atoms with E-state index in [1.54, 1.807) is 7.11 Å². The summed E-state index contributed by atoms with van der Waals surface area (Å²) >= 11 is 7.46. The van der Waals surface area contributed by atoms with Gasteiger partial charge < -0.3 is 14.8 Å². The van der Waals surface area contributed by atoms with Crippen LogP contribution in [0.15, 0.2) is 48.5 Å². The van der Waals surface area contributed by atoms with E-state index in [1.807, 2.05) is 48.5 Å². The molecule has 1 N–H and O–H groups in total. The van der Waals surface area contributed by atoms with Crippen molar-refractivity contribution in [3.05, 3.63) is 58.4 Å². The fourth-order valence-corrected chi connectivity index (χ4v) is 3.65. The maximum Gasteiger partial charge on any atom is 0.305 e. The molecule has 0 unspecified atom stereocenters. The van der Waals surface area contributed by atoms with E-state index >= 15 is 0 Å². The Balaban J connectivity index is 1.89. The highest BCUT2D eigenvalue weighted by molar-refractivity contribution is 7.16. The van der Waals surface area contributed by atoms with Gasteiger partial charge in [0.15, 0.2) is 5.13 Å². The first-order chi connectivity index (χ1) is 13.1. The molecule has 3 rings (SSSR count). The van der Waals surface area contributed by atoms with Gasteiger partial charge in [-0.15, -0.1) is 11.3 Å². The van der Waals surface area contributed by atoms with E-state index in [-0.39, 0.29) is 5.97 Å². The zero-order valence-electron chi connectivity index (χ0n) is 15.0. The standard InChI is InChI=1S/C20H19ClN2O3S/c1-25-16-9-3-13(4-10-16)19-17(11-12-18(24)26-2)27-20(23-19)22-15-7-5-14(21)6-8-15/h3-10H,11-12H2,1-2H3,(H,22,23). The number of halogens is 1. The highest BCUT2D eigenvalue weighted by atomic mass is 35.5. The van der Waals surface area contributed by atoms with E-state index in [9.17, 15) is 4.79 Å². The van der Waals surface area contributed by atoms with Gasteiger partial charge in [0.05, 0.1) is 26.3 Å². The molecule has 0 amide bonds. The van der Waals surface area contributed by atoms with Crippen molar-refractivity contribution in [1.82, 2.24) is 4.98 Å². The fraction of sp³-hybridized carbons (Fsp3) is 0.200. The minimum Gasteiger partial charge on any atom is -0.497 e. The molecule has 0 spiro atoms. The lowest BCUT2D eigenvalue weighted by Crippen LogP contribution is -2.01. The van der Waals surface area contributed by atoms with Gasteiger partial charge in [-0.3, -0.25) is 4.79 Å². The van der Waals surface area contributed by atoms with Gasteiger partial charge in [0.25, 0.3) is 0 Å². The van der Waals surface area contributed by atoms with Gasteiger partial charge in [-0.25, -0.2) is 4.98 Å². The third-order valence-electron chi connectivity index (χ3n) is 3.94. The number of ether oxygens (including phenoxy) is 2. The van der Waals surface area contributed by atoms with Crippen LogP contribution in [0, 0.1) is 0 Å². The molecule has 0 aliphatic heterocycles. The van der Waals surface area contributed by atoms with Crippen LogP contribution in [0.4, 0.5) is 10.8 Å². The number of anilines is 2. The molecule has 0 bridgehead atoms. The highest BCUT2D eigenvalue weighted by Crippen LogP contribution is 2.34. The summed E-state index contributed by atoms with van der Waals surface area (Å²) in [6.07, 6.45) is 0.871. The molecule has 0 saturated heterocycles. The summed E-state index contributed by atoms with van der Waals surface area (Å²) in [5.74, 6) is 0.542. The lowest BCUT2D eigenvalue weighted by molar-refractivity contribution is -0.140. The van der Waals surface area contributed by atoms with Crippen LogP contribution < -0.4 is 10.1 Å². The van der Waals surface area contributed by atoms with Crippen molar-refractivity contribution in [3.63, 3.8) is 0 Å². The predicted molar refractivity (Wildman–Crippen MR) is 109 cm³/mol. The Morgan fingerprint density at radius 3 is 2.44 bits per heavy atom. The number of esters is 1. The average molecular weight is 403 g/mol. The third kappa shape index (κ3) is 4.99. The van der Waals surface area contributed by atoms with Crippen LogP contribution in [0.3, 0.4) is 0 Å². The lowest BCUT2D eigenvalue weighted by Gasteiger charge is -2.04. The molecule has 1 heterocycles. The number of carbonyl (C=O) groups excluding carboxylic acids is 1. The van der Waals surface area contributed by atoms with Crippen LogP contribution in [0.25, 0.3) is 11.3 Å². The van der Waals surface area contributed by atoms with Crippen LogP contribution in [0.5, 0.6) is 5.75 Å². The van der Waals surface area contributed by atoms with Gasteiger partial charge in [-0.05, 0) is 55.0 Å². The SMILES string of the molecule is COC(=O)CCc1sc(Nc2ccc(Cl)cc2)nc1-c1ccc(OC)cc1. The monoisotopic (exact) mass is 402 g/mol. The summed E-state index contributed by atoms with van der Waals surface area (Å²) < 4.78 is 9.98. The average Bonchev–Trinajstić information content (AvgIpc) is 3.10. The van der Waals surface area contributed by atoms with Crippen molar-refractivity contribution in [2.45, 2.75) is 12.8 Å². The van der Waals surface area contributed by atoms with Crippen LogP contribution >= 0.6 is 22.9 Å². The summed E-state index contributed by atoms with van der Waals surface area (Å²) in [5.41, 5.74) is 2.72. The number of benzene rings is 2. The lowest BCUT2D eigenvalue weighted by atomic mass is 10.1. The summed E-state index contributed by atoms with van der Waals surface area (Å²) in [5, 5.41) is 4.72. The normalized spacial score (nSPS) is 10.5. The quantitative estimate of drug-likeness (QED) is 0.542. The van der Waals surface area contributed by atoms with E-state index < -0.39 is 0 Å². The van der Waals surface area contributed by atoms with Crippen molar-refractivity contribution in [3.8, 4) is 17.0 Å². The number of methoxy groups -OCH3 is 2. The molecule has 1 aromatic heterocycles. The molecule has 0 fully saturated rings. The van der Waals surface area contributed by atoms with Crippen molar-refractivity contribution < 1.29 is 14.3 Å². The summed E-state index contributed by atoms with van der Waals surface area (Å²) in [6.45, 7) is 0. The molecule has 2 aromatic carbocycles. The van der Waals surface area contributed by atoms with E-state index in [1.165, 1.54) is 18.4 Å². The highest BCUT2D eigenvalue weighted by Gasteiger charge is 2.15. The molecule has 5 nitrogen and oxygen atoms in total. The molecule has 0 radical (unpaired) electrons. The van der Waals surface area contributed by atoms with Crippen molar-refractivity contribution in [1.29, 1.82) is 0 Å². The number of nitrogens with one attached hydrogen (secondary N) is 1. The van der Waals surface area contributed by atoms with Crippen molar-refractivity contribution >= 4 is 39.7 Å². The molecule has 3 aromatic rings. The molecule has 0 aliphatic carbocycles. The Kier molecular flexibility index (Phi) is 6.32. The van der Waals surface area contributed by atoms with Gasteiger partial charge in [0.1, 0.15) is 5.75 Å². The number of aryl methyl sites for hydroxylation is 1. The molecule has 27 heavy (non-hydrogen) atoms. The second-order valence-electron chi connectivity index (χ2n) is 5.73. The van der Waals surface area contributed by atoms with Crippen molar-refractivity contribution in [2.75, 3.05) is 19.5 Å². The van der Waals surface area contributed by atoms with Gasteiger partial charge >= 0.3 is 5.97 Å². The molecule has 0 atom stereocenters. The second kappa shape index (κ2) is 8.88. The summed E-state index contributed by atoms with van der Waals surface area (Å²) in [7, 11) is 3.03. The number of carbonyl (C=O) groups is 1. The molecular weight excluding hydrogens is 384 g/mol. The van der Waals surface area contributed by atoms with Gasteiger partial charge in [-0.1, -0.05) is 11.6 Å². The summed E-state index contributed by atoms with van der Waals surface area (Å²) in [4.78, 5) is 17.3. The fourth-order valence-electron chi connectivity index (χ4n) is 2.52. The number of hydrogen-bond donors (Lipinski definition) is 1. The number of hydrogen-bond acceptors (Lipinski definition) is 6. The Bertz CT molecular complexity index is 908. The zero-order chi connectivity index (χ0) is 19.2. The molecule has 0 aliphatic rings. The number of nitrogens with zero attached hydrogens (tertiary/aromatic N) is 1. The smallest absolute Gasteiger partial charge is 0.305 e. The Labute approximate surface area is 166 Å². The van der Waals surface area contributed by atoms with Gasteiger partial charge in [-0.2, -0.15) is 0 Å². The molecule has 7 heteroatoms. The van der Waals surface area contributed by atoms with Gasteiger partial charge in [0.2, 0.25) is 0 Å². The van der Waals surface area contributed by atoms with E-state index in [0.717, 1.165) is 32.7 Å². The minimum absolute atomic E-state index is 0.240. The minimum atomic E-state index is -0.240. The van der Waals surface area contributed by atoms with Gasteiger partial charge in [0, 0.05) is 21.2 Å². The maximum absolute atomic E-state index is 11.6. The van der Waals surface area contributed by atoms with Crippen LogP contribution in [-0.4, -0.2) is 25.2 Å². The summed E-state index contributed by atoms with van der Waals surface area (Å²) in [6, 6.07) is 15.1. The number of thiazole rings is 1. The Morgan fingerprint density at radius 1 is 1.11 bits per heavy atom. The number of rotatable bonds is 7. The van der Waals surface area contributed by atoms with E-state index in [2.05, 4.69) is 5.32 Å². The number of aromatic nitrogens is 1. The van der Waals surface area contributed by atoms with E-state index in [0.29, 0.717) is 17.9 Å². The Hall–Kier alpha value is -2.57. The third-order valence-corrected chi connectivity index (χ3v) is 5.22. The molecule has 0 saturated carbocycles. The first-order valence-electron chi connectivity index (χ1n) is 8.32. The molecular formula is C20H19ClN2O3S. The predicted octanol–water partition coefficient (Wildman–Crippen LogP) is 5.32. The molecule has 140 valence electrons. The largest absolute Gasteiger partial charge is 0.497 e. The maximum atomic E-state index is 11.6. The topological polar surface area (TPSA) is 60.5 Å². The zero-order valence-corrected chi connectivity index (χ0v) is 16.6. The van der Waals surface area contributed by atoms with Crippen LogP contribution in [0.2, 0.25) is 5.02 Å². The van der Waals surface area contributed by atoms with Crippen LogP contribution in [0.1, 0.15) is 11.3 Å². The Morgan fingerprint density at radius 2 is 1.81 bits per heavy atom. The van der Waals surface area contributed by atoms with E-state index in [4.69, 9.17) is 26.1 Å². The van der Waals surface area contributed by atoms with Crippen LogP contribution in [-0.2, 0) is 16.0 Å².